The van der Waals surface area contributed by atoms with Crippen molar-refractivity contribution in [3.8, 4) is 5.75 Å². The van der Waals surface area contributed by atoms with Crippen LogP contribution in [0.2, 0.25) is 0 Å². The molecule has 0 amide bonds. The monoisotopic (exact) mass is 260 g/mol. The van der Waals surface area contributed by atoms with Crippen molar-refractivity contribution in [1.29, 1.82) is 0 Å². The summed E-state index contributed by atoms with van der Waals surface area (Å²) < 4.78 is 6.01. The zero-order chi connectivity index (χ0) is 13.4. The molecule has 0 bridgehead atoms. The molecule has 0 radical (unpaired) electrons. The van der Waals surface area contributed by atoms with Gasteiger partial charge in [-0.05, 0) is 49.7 Å². The number of fused-ring (bicyclic) bond motifs is 1. The minimum Gasteiger partial charge on any atom is -0.490 e. The Kier molecular flexibility index (Phi) is 3.21. The summed E-state index contributed by atoms with van der Waals surface area (Å²) in [4.78, 5) is 11.1. The lowest BCUT2D eigenvalue weighted by molar-refractivity contribution is -0.137. The van der Waals surface area contributed by atoms with Crippen LogP contribution in [0.15, 0.2) is 18.2 Å². The summed E-state index contributed by atoms with van der Waals surface area (Å²) in [5.74, 6) is 0.916. The van der Waals surface area contributed by atoms with Crippen LogP contribution >= 0.6 is 0 Å². The normalized spacial score (nSPS) is 23.3. The summed E-state index contributed by atoms with van der Waals surface area (Å²) in [6.07, 6.45) is 4.84. The lowest BCUT2D eigenvalue weighted by Crippen LogP contribution is -2.21. The number of rotatable bonds is 4. The number of hydrogen-bond acceptors (Lipinski definition) is 2. The molecule has 1 aromatic carbocycles. The Morgan fingerprint density at radius 3 is 2.89 bits per heavy atom. The van der Waals surface area contributed by atoms with Crippen LogP contribution in [0.3, 0.4) is 0 Å². The van der Waals surface area contributed by atoms with Gasteiger partial charge in [-0.25, -0.2) is 0 Å². The number of carbonyl (C=O) groups is 1. The molecule has 1 aliphatic heterocycles. The van der Waals surface area contributed by atoms with Gasteiger partial charge in [0.2, 0.25) is 0 Å². The smallest absolute Gasteiger partial charge is 0.303 e. The highest BCUT2D eigenvalue weighted by Gasteiger charge is 2.36. The van der Waals surface area contributed by atoms with E-state index >= 15 is 0 Å². The molecule has 1 aromatic rings. The molecule has 0 saturated heterocycles. The quantitative estimate of drug-likeness (QED) is 0.902. The van der Waals surface area contributed by atoms with Crippen LogP contribution in [0.5, 0.6) is 5.75 Å². The first-order valence-electron chi connectivity index (χ1n) is 7.15. The third-order valence-electron chi connectivity index (χ3n) is 4.25. The maximum Gasteiger partial charge on any atom is 0.303 e. The van der Waals surface area contributed by atoms with E-state index in [4.69, 9.17) is 9.84 Å². The largest absolute Gasteiger partial charge is 0.490 e. The van der Waals surface area contributed by atoms with Crippen LogP contribution in [-0.2, 0) is 11.2 Å². The van der Waals surface area contributed by atoms with Crippen molar-refractivity contribution >= 4 is 5.97 Å². The van der Waals surface area contributed by atoms with Crippen molar-refractivity contribution in [3.63, 3.8) is 0 Å². The van der Waals surface area contributed by atoms with Gasteiger partial charge in [-0.2, -0.15) is 0 Å². The first kappa shape index (κ1) is 12.5. The molecular weight excluding hydrogens is 240 g/mol. The van der Waals surface area contributed by atoms with Crippen molar-refractivity contribution in [2.75, 3.05) is 0 Å². The highest BCUT2D eigenvalue weighted by molar-refractivity contribution is 5.68. The van der Waals surface area contributed by atoms with E-state index in [9.17, 15) is 4.79 Å². The molecule has 1 saturated carbocycles. The van der Waals surface area contributed by atoms with Crippen LogP contribution in [-0.4, -0.2) is 17.2 Å². The van der Waals surface area contributed by atoms with E-state index in [0.29, 0.717) is 5.92 Å². The average molecular weight is 260 g/mol. The van der Waals surface area contributed by atoms with Gasteiger partial charge < -0.3 is 9.84 Å². The fourth-order valence-corrected chi connectivity index (χ4v) is 3.07. The minimum atomic E-state index is -0.710. The third kappa shape index (κ3) is 2.60. The van der Waals surface area contributed by atoms with E-state index in [1.54, 1.807) is 0 Å². The lowest BCUT2D eigenvalue weighted by Gasteiger charge is -2.28. The second-order valence-electron chi connectivity index (χ2n) is 5.84. The SMILES string of the molecule is CC1CCc2cccc(C(CC(=O)O)C3CC3)c2O1. The molecule has 3 rings (SSSR count). The number of carboxylic acid groups (broad SMARTS) is 1. The molecule has 1 N–H and O–H groups in total. The Hall–Kier alpha value is -1.51. The van der Waals surface area contributed by atoms with Gasteiger partial charge in [0.15, 0.2) is 0 Å². The molecule has 102 valence electrons. The number of aryl methyl sites for hydroxylation is 1. The fraction of sp³-hybridized carbons (Fsp3) is 0.562. The van der Waals surface area contributed by atoms with Gasteiger partial charge in [-0.15, -0.1) is 0 Å². The highest BCUT2D eigenvalue weighted by Crippen LogP contribution is 2.48. The zero-order valence-corrected chi connectivity index (χ0v) is 11.3. The number of ether oxygens (including phenoxy) is 1. The van der Waals surface area contributed by atoms with Gasteiger partial charge in [0.05, 0.1) is 12.5 Å². The van der Waals surface area contributed by atoms with Crippen LogP contribution in [0.25, 0.3) is 0 Å². The Balaban J connectivity index is 1.96. The van der Waals surface area contributed by atoms with Crippen molar-refractivity contribution < 1.29 is 14.6 Å². The summed E-state index contributed by atoms with van der Waals surface area (Å²) in [6, 6.07) is 6.21. The molecule has 1 heterocycles. The molecule has 1 aliphatic carbocycles. The molecule has 3 heteroatoms. The van der Waals surface area contributed by atoms with E-state index in [1.165, 1.54) is 5.56 Å². The summed E-state index contributed by atoms with van der Waals surface area (Å²) in [5, 5.41) is 9.14. The Bertz CT molecular complexity index is 491. The Morgan fingerprint density at radius 1 is 1.42 bits per heavy atom. The van der Waals surface area contributed by atoms with Gasteiger partial charge in [0.1, 0.15) is 5.75 Å². The number of para-hydroxylation sites is 1. The predicted molar refractivity (Wildman–Crippen MR) is 72.6 cm³/mol. The van der Waals surface area contributed by atoms with Crippen LogP contribution in [0.4, 0.5) is 0 Å². The topological polar surface area (TPSA) is 46.5 Å². The number of hydrogen-bond donors (Lipinski definition) is 1. The molecule has 2 unspecified atom stereocenters. The highest BCUT2D eigenvalue weighted by atomic mass is 16.5. The molecular formula is C16H20O3. The van der Waals surface area contributed by atoms with E-state index in [0.717, 1.165) is 37.0 Å². The van der Waals surface area contributed by atoms with E-state index in [1.807, 2.05) is 6.07 Å². The summed E-state index contributed by atoms with van der Waals surface area (Å²) >= 11 is 0. The predicted octanol–water partition coefficient (Wildman–Crippen LogP) is 3.37. The van der Waals surface area contributed by atoms with Crippen molar-refractivity contribution in [3.05, 3.63) is 29.3 Å². The maximum atomic E-state index is 11.1. The Morgan fingerprint density at radius 2 is 2.21 bits per heavy atom. The molecule has 19 heavy (non-hydrogen) atoms. The lowest BCUT2D eigenvalue weighted by atomic mass is 9.87. The maximum absolute atomic E-state index is 11.1. The van der Waals surface area contributed by atoms with Crippen molar-refractivity contribution in [2.24, 2.45) is 5.92 Å². The Labute approximate surface area is 113 Å². The first-order valence-corrected chi connectivity index (χ1v) is 7.15. The summed E-state index contributed by atoms with van der Waals surface area (Å²) in [6.45, 7) is 2.09. The van der Waals surface area contributed by atoms with Gasteiger partial charge >= 0.3 is 5.97 Å². The second-order valence-corrected chi connectivity index (χ2v) is 5.84. The third-order valence-corrected chi connectivity index (χ3v) is 4.25. The number of aliphatic carboxylic acids is 1. The van der Waals surface area contributed by atoms with Crippen LogP contribution < -0.4 is 4.74 Å². The number of benzene rings is 1. The fourth-order valence-electron chi connectivity index (χ4n) is 3.07. The summed E-state index contributed by atoms with van der Waals surface area (Å²) in [5.41, 5.74) is 2.36. The molecule has 2 atom stereocenters. The van der Waals surface area contributed by atoms with Crippen LogP contribution in [0.1, 0.15) is 49.7 Å². The van der Waals surface area contributed by atoms with E-state index in [2.05, 4.69) is 19.1 Å². The van der Waals surface area contributed by atoms with E-state index in [-0.39, 0.29) is 18.4 Å². The molecule has 1 fully saturated rings. The van der Waals surface area contributed by atoms with Gasteiger partial charge in [0, 0.05) is 5.92 Å². The van der Waals surface area contributed by atoms with Crippen molar-refractivity contribution in [1.82, 2.24) is 0 Å². The molecule has 3 nitrogen and oxygen atoms in total. The minimum absolute atomic E-state index is 0.123. The molecule has 0 spiro atoms. The van der Waals surface area contributed by atoms with Crippen molar-refractivity contribution in [2.45, 2.75) is 51.0 Å². The van der Waals surface area contributed by atoms with Gasteiger partial charge in [-0.3, -0.25) is 4.79 Å². The standard InChI is InChI=1S/C16H20O3/c1-10-5-6-12-3-2-4-13(16(12)19-10)14(9-15(17)18)11-7-8-11/h2-4,10-11,14H,5-9H2,1H3,(H,17,18). The summed E-state index contributed by atoms with van der Waals surface area (Å²) in [7, 11) is 0. The second kappa shape index (κ2) is 4.87. The molecule has 2 aliphatic rings. The van der Waals surface area contributed by atoms with E-state index < -0.39 is 5.97 Å². The van der Waals surface area contributed by atoms with Gasteiger partial charge in [0.25, 0.3) is 0 Å². The van der Waals surface area contributed by atoms with Gasteiger partial charge in [-0.1, -0.05) is 18.2 Å². The van der Waals surface area contributed by atoms with Crippen LogP contribution in [0, 0.1) is 5.92 Å². The zero-order valence-electron chi connectivity index (χ0n) is 11.3. The first-order chi connectivity index (χ1) is 9.15. The average Bonchev–Trinajstić information content (AvgIpc) is 3.19. The number of carboxylic acids is 1. The molecule has 0 aromatic heterocycles.